The molecule has 1 saturated heterocycles. The van der Waals surface area contributed by atoms with Gasteiger partial charge in [0.2, 0.25) is 5.95 Å². The van der Waals surface area contributed by atoms with Crippen LogP contribution in [0.2, 0.25) is 0 Å². The van der Waals surface area contributed by atoms with Gasteiger partial charge in [0, 0.05) is 24.4 Å². The number of phenols is 1. The zero-order valence-corrected chi connectivity index (χ0v) is 14.1. The maximum absolute atomic E-state index is 13.3. The molecule has 0 bridgehead atoms. The van der Waals surface area contributed by atoms with E-state index < -0.39 is 6.04 Å². The molecule has 25 heavy (non-hydrogen) atoms. The molecule has 0 unspecified atom stereocenters. The Hall–Kier alpha value is -2.83. The van der Waals surface area contributed by atoms with E-state index in [2.05, 4.69) is 15.4 Å². The summed E-state index contributed by atoms with van der Waals surface area (Å²) in [6, 6.07) is 6.59. The zero-order chi connectivity index (χ0) is 17.4. The molecule has 1 aromatic heterocycles. The lowest BCUT2D eigenvalue weighted by Crippen LogP contribution is -2.41. The lowest BCUT2D eigenvalue weighted by Gasteiger charge is -2.34. The van der Waals surface area contributed by atoms with Crippen molar-refractivity contribution in [2.24, 2.45) is 0 Å². The summed E-state index contributed by atoms with van der Waals surface area (Å²) < 4.78 is 1.67. The number of fused-ring (bicyclic) bond motifs is 1. The Morgan fingerprint density at radius 3 is 2.76 bits per heavy atom. The fraction of sp³-hybridized carbons (Fsp3) is 0.389. The molecular weight excluding hydrogens is 318 g/mol. The van der Waals surface area contributed by atoms with Crippen LogP contribution in [0, 0.1) is 0 Å². The highest BCUT2D eigenvalue weighted by Crippen LogP contribution is 2.39. The number of nitrogens with zero attached hydrogens (tertiary/aromatic N) is 4. The van der Waals surface area contributed by atoms with E-state index in [4.69, 9.17) is 0 Å². The molecule has 7 heteroatoms. The average molecular weight is 339 g/mol. The number of piperidine rings is 1. The number of aromatic hydroxyl groups is 1. The van der Waals surface area contributed by atoms with Crippen molar-refractivity contribution < 1.29 is 9.90 Å². The molecular formula is C18H21N5O2. The Kier molecular flexibility index (Phi) is 3.91. The van der Waals surface area contributed by atoms with Gasteiger partial charge in [-0.1, -0.05) is 18.2 Å². The van der Waals surface area contributed by atoms with E-state index in [0.717, 1.165) is 38.0 Å². The SMILES string of the molecule is CC1=C(C(=O)N2CCCCC2)[C@H](c2ccccc2O)n2ncnc2N1. The van der Waals surface area contributed by atoms with Gasteiger partial charge in [0.25, 0.3) is 5.91 Å². The third kappa shape index (κ3) is 2.65. The molecule has 3 heterocycles. The van der Waals surface area contributed by atoms with Crippen LogP contribution in [-0.4, -0.2) is 43.8 Å². The molecule has 130 valence electrons. The van der Waals surface area contributed by atoms with Crippen molar-refractivity contribution in [1.29, 1.82) is 0 Å². The van der Waals surface area contributed by atoms with E-state index in [1.54, 1.807) is 16.8 Å². The van der Waals surface area contributed by atoms with Crippen molar-refractivity contribution in [3.63, 3.8) is 0 Å². The average Bonchev–Trinajstić information content (AvgIpc) is 3.09. The molecule has 7 nitrogen and oxygen atoms in total. The summed E-state index contributed by atoms with van der Waals surface area (Å²) in [4.78, 5) is 19.4. The van der Waals surface area contributed by atoms with E-state index >= 15 is 0 Å². The molecule has 2 aliphatic heterocycles. The zero-order valence-electron chi connectivity index (χ0n) is 14.1. The van der Waals surface area contributed by atoms with Gasteiger partial charge in [-0.2, -0.15) is 10.1 Å². The third-order valence-corrected chi connectivity index (χ3v) is 4.90. The number of aromatic nitrogens is 3. The molecule has 4 rings (SSSR count). The van der Waals surface area contributed by atoms with Gasteiger partial charge < -0.3 is 15.3 Å². The van der Waals surface area contributed by atoms with E-state index in [1.165, 1.54) is 6.33 Å². The number of para-hydroxylation sites is 1. The van der Waals surface area contributed by atoms with Crippen LogP contribution >= 0.6 is 0 Å². The number of benzene rings is 1. The molecule has 1 amide bonds. The minimum Gasteiger partial charge on any atom is -0.508 e. The molecule has 0 spiro atoms. The van der Waals surface area contributed by atoms with Crippen molar-refractivity contribution in [2.75, 3.05) is 18.4 Å². The Balaban J connectivity index is 1.82. The monoisotopic (exact) mass is 339 g/mol. The second kappa shape index (κ2) is 6.23. The lowest BCUT2D eigenvalue weighted by atomic mass is 9.93. The largest absolute Gasteiger partial charge is 0.508 e. The van der Waals surface area contributed by atoms with Gasteiger partial charge >= 0.3 is 0 Å². The fourth-order valence-electron chi connectivity index (χ4n) is 3.64. The Morgan fingerprint density at radius 1 is 1.24 bits per heavy atom. The number of nitrogens with one attached hydrogen (secondary N) is 1. The van der Waals surface area contributed by atoms with E-state index in [-0.39, 0.29) is 11.7 Å². The fourth-order valence-corrected chi connectivity index (χ4v) is 3.64. The second-order valence-corrected chi connectivity index (χ2v) is 6.51. The normalized spacial score (nSPS) is 20.2. The van der Waals surface area contributed by atoms with Gasteiger partial charge in [0.05, 0.1) is 5.57 Å². The Bertz CT molecular complexity index is 835. The number of carbonyl (C=O) groups excluding carboxylic acids is 1. The van der Waals surface area contributed by atoms with E-state index in [9.17, 15) is 9.90 Å². The number of amides is 1. The number of rotatable bonds is 2. The van der Waals surface area contributed by atoms with Crippen LogP contribution in [-0.2, 0) is 4.79 Å². The minimum absolute atomic E-state index is 0.000830. The van der Waals surface area contributed by atoms with Gasteiger partial charge in [-0.15, -0.1) is 0 Å². The van der Waals surface area contributed by atoms with Crippen molar-refractivity contribution in [3.05, 3.63) is 47.4 Å². The summed E-state index contributed by atoms with van der Waals surface area (Å²) in [6.07, 6.45) is 4.68. The first kappa shape index (κ1) is 15.7. The van der Waals surface area contributed by atoms with Gasteiger partial charge in [-0.25, -0.2) is 4.68 Å². The highest BCUT2D eigenvalue weighted by molar-refractivity contribution is 5.97. The molecule has 2 aliphatic rings. The quantitative estimate of drug-likeness (QED) is 0.877. The molecule has 1 aromatic carbocycles. The predicted octanol–water partition coefficient (Wildman–Crippen LogP) is 2.29. The number of hydrogen-bond donors (Lipinski definition) is 2. The number of likely N-dealkylation sites (tertiary alicyclic amines) is 1. The van der Waals surface area contributed by atoms with Crippen molar-refractivity contribution in [3.8, 4) is 5.75 Å². The van der Waals surface area contributed by atoms with Crippen LogP contribution < -0.4 is 5.32 Å². The van der Waals surface area contributed by atoms with Gasteiger partial charge in [-0.3, -0.25) is 4.79 Å². The van der Waals surface area contributed by atoms with Crippen LogP contribution in [0.1, 0.15) is 37.8 Å². The lowest BCUT2D eigenvalue weighted by molar-refractivity contribution is -0.128. The first-order valence-electron chi connectivity index (χ1n) is 8.61. The van der Waals surface area contributed by atoms with Crippen LogP contribution in [0.25, 0.3) is 0 Å². The third-order valence-electron chi connectivity index (χ3n) is 4.90. The molecule has 0 aliphatic carbocycles. The van der Waals surface area contributed by atoms with Gasteiger partial charge in [-0.05, 0) is 32.3 Å². The molecule has 1 fully saturated rings. The summed E-state index contributed by atoms with van der Waals surface area (Å²) in [5.74, 6) is 0.715. The topological polar surface area (TPSA) is 83.3 Å². The van der Waals surface area contributed by atoms with Crippen molar-refractivity contribution >= 4 is 11.9 Å². The molecule has 0 saturated carbocycles. The first-order chi connectivity index (χ1) is 12.2. The van der Waals surface area contributed by atoms with Crippen LogP contribution in [0.4, 0.5) is 5.95 Å². The minimum atomic E-state index is -0.491. The predicted molar refractivity (Wildman–Crippen MR) is 93.0 cm³/mol. The number of allylic oxidation sites excluding steroid dienone is 1. The summed E-state index contributed by atoms with van der Waals surface area (Å²) in [6.45, 7) is 3.42. The summed E-state index contributed by atoms with van der Waals surface area (Å²) >= 11 is 0. The standard InChI is InChI=1S/C18H21N5O2/c1-12-15(17(25)22-9-5-2-6-10-22)16(13-7-3-4-8-14(13)24)23-18(21-12)19-11-20-23/h3-4,7-8,11,16,24H,2,5-6,9-10H2,1H3,(H,19,20,21)/t16-/m0/s1. The molecule has 2 aromatic rings. The van der Waals surface area contributed by atoms with Crippen LogP contribution in [0.3, 0.4) is 0 Å². The smallest absolute Gasteiger partial charge is 0.254 e. The molecule has 0 radical (unpaired) electrons. The molecule has 1 atom stereocenters. The maximum Gasteiger partial charge on any atom is 0.254 e. The summed E-state index contributed by atoms with van der Waals surface area (Å²) in [5.41, 5.74) is 2.01. The highest BCUT2D eigenvalue weighted by Gasteiger charge is 2.36. The highest BCUT2D eigenvalue weighted by atomic mass is 16.3. The second-order valence-electron chi connectivity index (χ2n) is 6.51. The number of carbonyl (C=O) groups is 1. The molecule has 2 N–H and O–H groups in total. The Labute approximate surface area is 146 Å². The first-order valence-corrected chi connectivity index (χ1v) is 8.61. The summed E-state index contributed by atoms with van der Waals surface area (Å²) in [5, 5.41) is 17.9. The van der Waals surface area contributed by atoms with E-state index in [1.807, 2.05) is 24.0 Å². The van der Waals surface area contributed by atoms with Gasteiger partial charge in [0.1, 0.15) is 18.1 Å². The van der Waals surface area contributed by atoms with Gasteiger partial charge in [0.15, 0.2) is 0 Å². The number of phenolic OH excluding ortho intramolecular Hbond substituents is 1. The van der Waals surface area contributed by atoms with E-state index in [0.29, 0.717) is 17.1 Å². The summed E-state index contributed by atoms with van der Waals surface area (Å²) in [7, 11) is 0. The van der Waals surface area contributed by atoms with Crippen LogP contribution in [0.5, 0.6) is 5.75 Å². The Morgan fingerprint density at radius 2 is 2.00 bits per heavy atom. The number of anilines is 1. The van der Waals surface area contributed by atoms with Crippen LogP contribution in [0.15, 0.2) is 41.9 Å². The number of hydrogen-bond acceptors (Lipinski definition) is 5. The van der Waals surface area contributed by atoms with Crippen molar-refractivity contribution in [2.45, 2.75) is 32.2 Å². The van der Waals surface area contributed by atoms with Crippen molar-refractivity contribution in [1.82, 2.24) is 19.7 Å². The maximum atomic E-state index is 13.3.